The maximum Gasteiger partial charge on any atom is 0.274 e. The van der Waals surface area contributed by atoms with Crippen LogP contribution in [0.4, 0.5) is 23.2 Å². The third-order valence-corrected chi connectivity index (χ3v) is 6.98. The molecule has 0 saturated carbocycles. The number of aromatic nitrogens is 3. The number of aromatic amines is 1. The number of benzene rings is 1. The molecule has 2 aromatic heterocycles. The molecule has 4 N–H and O–H groups in total. The van der Waals surface area contributed by atoms with E-state index in [2.05, 4.69) is 20.5 Å². The van der Waals surface area contributed by atoms with Crippen LogP contribution in [-0.2, 0) is 15.9 Å². The first-order valence-electron chi connectivity index (χ1n) is 13.0. The Kier molecular flexibility index (Phi) is 8.62. The van der Waals surface area contributed by atoms with E-state index in [9.17, 15) is 13.6 Å². The molecule has 2 fully saturated rings. The first kappa shape index (κ1) is 28.0. The van der Waals surface area contributed by atoms with Crippen LogP contribution < -0.4 is 15.8 Å². The zero-order chi connectivity index (χ0) is 28.2. The number of carbonyl (C=O) groups excluding carboxylic acids is 1. The second-order valence-corrected chi connectivity index (χ2v) is 9.85. The van der Waals surface area contributed by atoms with Gasteiger partial charge in [0.15, 0.2) is 0 Å². The van der Waals surface area contributed by atoms with Crippen LogP contribution in [0, 0.1) is 17.5 Å². The van der Waals surface area contributed by atoms with Crippen LogP contribution in [0.3, 0.4) is 0 Å². The van der Waals surface area contributed by atoms with Gasteiger partial charge >= 0.3 is 0 Å². The Morgan fingerprint density at radius 2 is 1.85 bits per heavy atom. The van der Waals surface area contributed by atoms with E-state index >= 15 is 8.78 Å². The summed E-state index contributed by atoms with van der Waals surface area (Å²) in [7, 11) is 0. The first-order chi connectivity index (χ1) is 19.3. The average Bonchev–Trinajstić information content (AvgIpc) is 3.29. The lowest BCUT2D eigenvalue weighted by Crippen LogP contribution is -2.32. The number of hydrogen-bond donors (Lipinski definition) is 3. The Morgan fingerprint density at radius 1 is 1.10 bits per heavy atom. The molecule has 0 radical (unpaired) electrons. The van der Waals surface area contributed by atoms with Crippen LogP contribution in [0.15, 0.2) is 30.5 Å². The Hall–Kier alpha value is -3.55. The monoisotopic (exact) mass is 563 g/mol. The number of amides is 1. The number of anilines is 1. The minimum Gasteiger partial charge on any atom is -0.490 e. The number of hydrogen-bond acceptors (Lipinski definition) is 7. The Labute approximate surface area is 227 Å². The summed E-state index contributed by atoms with van der Waals surface area (Å²) in [5, 5.41) is 9.35. The minimum atomic E-state index is -1.25. The summed E-state index contributed by atoms with van der Waals surface area (Å²) in [5.74, 6) is -3.96. The summed E-state index contributed by atoms with van der Waals surface area (Å²) in [4.78, 5) is 16.9. The van der Waals surface area contributed by atoms with Gasteiger partial charge in [0, 0.05) is 37.4 Å². The fraction of sp³-hybridized carbons (Fsp3) is 0.444. The summed E-state index contributed by atoms with van der Waals surface area (Å²) >= 11 is 0. The fourth-order valence-corrected chi connectivity index (χ4v) is 4.72. The van der Waals surface area contributed by atoms with Gasteiger partial charge in [0.25, 0.3) is 5.91 Å². The fourth-order valence-electron chi connectivity index (χ4n) is 4.72. The van der Waals surface area contributed by atoms with Crippen molar-refractivity contribution in [3.8, 4) is 17.0 Å². The molecule has 214 valence electrons. The van der Waals surface area contributed by atoms with E-state index in [1.807, 2.05) is 0 Å². The van der Waals surface area contributed by atoms with Crippen LogP contribution in [0.2, 0.25) is 0 Å². The van der Waals surface area contributed by atoms with Crippen LogP contribution in [-0.4, -0.2) is 65.3 Å². The number of H-pyrrole nitrogens is 1. The molecule has 4 heterocycles. The molecular weight excluding hydrogens is 534 g/mol. The number of nitrogens with one attached hydrogen (secondary N) is 2. The quantitative estimate of drug-likeness (QED) is 0.370. The Balaban J connectivity index is 1.31. The van der Waals surface area contributed by atoms with Crippen molar-refractivity contribution in [2.75, 3.05) is 25.1 Å². The molecule has 5 rings (SSSR count). The van der Waals surface area contributed by atoms with Crippen LogP contribution in [0.25, 0.3) is 11.3 Å². The van der Waals surface area contributed by atoms with Crippen molar-refractivity contribution >= 4 is 11.6 Å². The molecule has 2 saturated heterocycles. The highest BCUT2D eigenvalue weighted by Gasteiger charge is 2.27. The molecule has 0 unspecified atom stereocenters. The maximum absolute atomic E-state index is 15.0. The van der Waals surface area contributed by atoms with Gasteiger partial charge in [-0.15, -0.1) is 0 Å². The van der Waals surface area contributed by atoms with Gasteiger partial charge < -0.3 is 25.3 Å². The molecule has 0 aliphatic carbocycles. The van der Waals surface area contributed by atoms with Crippen molar-refractivity contribution in [3.05, 3.63) is 59.3 Å². The highest BCUT2D eigenvalue weighted by molar-refractivity contribution is 6.03. The van der Waals surface area contributed by atoms with Gasteiger partial charge in [0.05, 0.1) is 49.1 Å². The third-order valence-electron chi connectivity index (χ3n) is 6.98. The van der Waals surface area contributed by atoms with E-state index in [1.165, 1.54) is 6.20 Å². The number of rotatable bonds is 7. The van der Waals surface area contributed by atoms with Crippen LogP contribution >= 0.6 is 0 Å². The van der Waals surface area contributed by atoms with Gasteiger partial charge in [-0.1, -0.05) is 0 Å². The molecule has 2 aliphatic rings. The summed E-state index contributed by atoms with van der Waals surface area (Å²) in [6.45, 7) is 0.848. The van der Waals surface area contributed by atoms with E-state index in [0.717, 1.165) is 24.3 Å². The van der Waals surface area contributed by atoms with Gasteiger partial charge in [-0.2, -0.15) is 5.10 Å². The summed E-state index contributed by atoms with van der Waals surface area (Å²) in [6, 6.07) is 3.34. The molecular formula is C27H29F4N5O4. The normalized spacial score (nSPS) is 22.1. The third kappa shape index (κ3) is 6.43. The predicted molar refractivity (Wildman–Crippen MR) is 136 cm³/mol. The van der Waals surface area contributed by atoms with Gasteiger partial charge in [-0.05, 0) is 25.0 Å². The van der Waals surface area contributed by atoms with Crippen molar-refractivity contribution in [1.29, 1.82) is 0 Å². The molecule has 3 atom stereocenters. The molecule has 1 amide bonds. The highest BCUT2D eigenvalue weighted by atomic mass is 19.1. The summed E-state index contributed by atoms with van der Waals surface area (Å²) in [5.41, 5.74) is 4.95. The number of pyridine rings is 1. The average molecular weight is 564 g/mol. The number of halogens is 4. The van der Waals surface area contributed by atoms with E-state index in [-0.39, 0.29) is 30.3 Å². The van der Waals surface area contributed by atoms with Gasteiger partial charge in [0.2, 0.25) is 0 Å². The lowest BCUT2D eigenvalue weighted by Gasteiger charge is -2.23. The zero-order valence-electron chi connectivity index (χ0n) is 21.5. The van der Waals surface area contributed by atoms with Crippen molar-refractivity contribution in [1.82, 2.24) is 15.2 Å². The largest absolute Gasteiger partial charge is 0.490 e. The van der Waals surface area contributed by atoms with Gasteiger partial charge in [-0.25, -0.2) is 22.5 Å². The van der Waals surface area contributed by atoms with E-state index in [0.29, 0.717) is 56.7 Å². The number of nitrogens with zero attached hydrogens (tertiary/aromatic N) is 2. The molecule has 9 nitrogen and oxygen atoms in total. The lowest BCUT2D eigenvalue weighted by atomic mass is 10.0. The smallest absolute Gasteiger partial charge is 0.274 e. The molecule has 2 aliphatic heterocycles. The van der Waals surface area contributed by atoms with Crippen molar-refractivity contribution in [2.24, 2.45) is 5.73 Å². The van der Waals surface area contributed by atoms with E-state index in [1.54, 1.807) is 0 Å². The maximum atomic E-state index is 15.0. The number of alkyl halides is 1. The summed E-state index contributed by atoms with van der Waals surface area (Å²) in [6.07, 6.45) is 1.95. The van der Waals surface area contributed by atoms with Crippen LogP contribution in [0.1, 0.15) is 41.9 Å². The highest BCUT2D eigenvalue weighted by Crippen LogP contribution is 2.32. The molecule has 0 bridgehead atoms. The van der Waals surface area contributed by atoms with Crippen LogP contribution in [0.5, 0.6) is 5.75 Å². The molecule has 13 heteroatoms. The Bertz CT molecular complexity index is 1320. The van der Waals surface area contributed by atoms with Gasteiger partial charge in [-0.3, -0.25) is 9.89 Å². The van der Waals surface area contributed by atoms with Crippen molar-refractivity contribution in [3.63, 3.8) is 0 Å². The van der Waals surface area contributed by atoms with E-state index in [4.69, 9.17) is 19.9 Å². The van der Waals surface area contributed by atoms with Crippen molar-refractivity contribution < 1.29 is 36.6 Å². The molecule has 0 spiro atoms. The van der Waals surface area contributed by atoms with Gasteiger partial charge in [0.1, 0.15) is 46.9 Å². The lowest BCUT2D eigenvalue weighted by molar-refractivity contribution is 0.0253. The molecule has 40 heavy (non-hydrogen) atoms. The second kappa shape index (κ2) is 12.3. The molecule has 1 aromatic carbocycles. The van der Waals surface area contributed by atoms with Crippen molar-refractivity contribution in [2.45, 2.75) is 56.5 Å². The standard InChI is InChI=1S/C27H29F4N5O4/c28-17-2-4-22(27(37)35-24-12-33-36-23(24)11-15-1-3-21(32)20(31)13-39-15)34-26(17)25-18(29)9-16(10-19(25)30)40-14-5-7-38-8-6-14/h2,4,9-10,12,14-15,20-21H,1,3,5-8,11,13,32H2,(H,33,36)(H,35,37)/t15-,20-,21+/m0/s1. The van der Waals surface area contributed by atoms with E-state index < -0.39 is 46.8 Å². The number of ether oxygens (including phenoxy) is 3. The number of nitrogens with two attached hydrogens (primary N) is 1. The second-order valence-electron chi connectivity index (χ2n) is 9.85. The SMILES string of the molecule is N[C@@H]1CC[C@@H](Cc2[nH]ncc2NC(=O)c2ccc(F)c(-c3c(F)cc(OC4CCOCC4)cc3F)n2)OC[C@@H]1F. The minimum absolute atomic E-state index is 0.0332. The Morgan fingerprint density at radius 3 is 2.60 bits per heavy atom. The topological polar surface area (TPSA) is 124 Å². The zero-order valence-corrected chi connectivity index (χ0v) is 21.5. The molecule has 3 aromatic rings. The summed E-state index contributed by atoms with van der Waals surface area (Å²) < 4.78 is 75.1. The first-order valence-corrected chi connectivity index (χ1v) is 13.0. The number of carbonyl (C=O) groups is 1. The predicted octanol–water partition coefficient (Wildman–Crippen LogP) is 4.09.